The molecule has 2 aliphatic heterocycles. The Morgan fingerprint density at radius 1 is 1.23 bits per heavy atom. The lowest BCUT2D eigenvalue weighted by molar-refractivity contribution is -0.171. The maximum absolute atomic E-state index is 11.9. The maximum atomic E-state index is 11.9. The van der Waals surface area contributed by atoms with Gasteiger partial charge in [0.1, 0.15) is 0 Å². The van der Waals surface area contributed by atoms with Crippen LogP contribution in [0, 0.1) is 0 Å². The summed E-state index contributed by atoms with van der Waals surface area (Å²) in [6.45, 7) is 4.38. The summed E-state index contributed by atoms with van der Waals surface area (Å²) in [5, 5.41) is 10.7. The molecule has 1 aromatic rings. The number of halogens is 1. The molecule has 6 nitrogen and oxygen atoms in total. The van der Waals surface area contributed by atoms with E-state index in [1.165, 1.54) is 13.3 Å². The summed E-state index contributed by atoms with van der Waals surface area (Å²) in [5.74, 6) is 0.430. The standard InChI is InChI=1S/C19H24BrNO5/c1-12(22)13-11-14(20)16-17(15(13)23)26-19(5-3-2-4-6-19)18(25-16)21-7-9-24-10-8-21/h11,18,23H,2-10H2,1H3. The highest BCUT2D eigenvalue weighted by molar-refractivity contribution is 9.10. The van der Waals surface area contributed by atoms with Gasteiger partial charge in [-0.15, -0.1) is 0 Å². The zero-order valence-electron chi connectivity index (χ0n) is 14.9. The summed E-state index contributed by atoms with van der Waals surface area (Å²) in [6, 6.07) is 1.61. The average Bonchev–Trinajstić information content (AvgIpc) is 2.65. The largest absolute Gasteiger partial charge is 0.504 e. The summed E-state index contributed by atoms with van der Waals surface area (Å²) in [4.78, 5) is 14.2. The number of rotatable bonds is 2. The number of morpholine rings is 1. The second-order valence-corrected chi connectivity index (χ2v) is 8.17. The Kier molecular flexibility index (Phi) is 4.88. The van der Waals surface area contributed by atoms with E-state index in [4.69, 9.17) is 14.2 Å². The number of hydrogen-bond acceptors (Lipinski definition) is 6. The molecule has 0 amide bonds. The van der Waals surface area contributed by atoms with Gasteiger partial charge in [0.25, 0.3) is 0 Å². The Bertz CT molecular complexity index is 710. The topological polar surface area (TPSA) is 68.2 Å². The zero-order valence-corrected chi connectivity index (χ0v) is 16.5. The van der Waals surface area contributed by atoms with Gasteiger partial charge in [-0.05, 0) is 54.6 Å². The molecule has 1 unspecified atom stereocenters. The van der Waals surface area contributed by atoms with Crippen LogP contribution in [0.5, 0.6) is 17.2 Å². The SMILES string of the molecule is CC(=O)c1cc(Br)c2c(c1O)OC1(CCCCC1)C(N1CCOCC1)O2. The van der Waals surface area contributed by atoms with Gasteiger partial charge in [0.05, 0.1) is 23.2 Å². The van der Waals surface area contributed by atoms with Crippen LogP contribution in [0.15, 0.2) is 10.5 Å². The second kappa shape index (κ2) is 7.02. The van der Waals surface area contributed by atoms with Gasteiger partial charge < -0.3 is 19.3 Å². The van der Waals surface area contributed by atoms with Gasteiger partial charge in [0.15, 0.2) is 29.1 Å². The van der Waals surface area contributed by atoms with Crippen LogP contribution >= 0.6 is 15.9 Å². The molecule has 2 fully saturated rings. The van der Waals surface area contributed by atoms with E-state index in [0.29, 0.717) is 23.4 Å². The minimum atomic E-state index is -0.505. The number of phenolic OH excluding ortho intramolecular Hbond substituents is 1. The van der Waals surface area contributed by atoms with Crippen molar-refractivity contribution in [3.63, 3.8) is 0 Å². The van der Waals surface area contributed by atoms with Crippen molar-refractivity contribution in [1.29, 1.82) is 0 Å². The number of ether oxygens (including phenoxy) is 3. The first-order valence-electron chi connectivity index (χ1n) is 9.26. The smallest absolute Gasteiger partial charge is 0.206 e. The predicted octanol–water partition coefficient (Wildman–Crippen LogP) is 3.49. The molecule has 0 bridgehead atoms. The van der Waals surface area contributed by atoms with Crippen molar-refractivity contribution in [3.8, 4) is 17.2 Å². The van der Waals surface area contributed by atoms with Crippen LogP contribution < -0.4 is 9.47 Å². The van der Waals surface area contributed by atoms with Crippen LogP contribution in [-0.4, -0.2) is 53.9 Å². The maximum Gasteiger partial charge on any atom is 0.206 e. The van der Waals surface area contributed by atoms with E-state index in [1.54, 1.807) is 6.07 Å². The number of nitrogens with zero attached hydrogens (tertiary/aromatic N) is 1. The van der Waals surface area contributed by atoms with Crippen LogP contribution in [0.2, 0.25) is 0 Å². The van der Waals surface area contributed by atoms with Crippen LogP contribution in [-0.2, 0) is 4.74 Å². The summed E-state index contributed by atoms with van der Waals surface area (Å²) >= 11 is 3.49. The third-order valence-corrected chi connectivity index (χ3v) is 6.19. The molecule has 3 aliphatic rings. The van der Waals surface area contributed by atoms with E-state index >= 15 is 0 Å². The van der Waals surface area contributed by atoms with Crippen LogP contribution in [0.1, 0.15) is 49.4 Å². The van der Waals surface area contributed by atoms with Crippen LogP contribution in [0.25, 0.3) is 0 Å². The number of Topliss-reactive ketones (excluding diaryl/α,β-unsaturated/α-hetero) is 1. The lowest BCUT2D eigenvalue weighted by Crippen LogP contribution is -2.63. The van der Waals surface area contributed by atoms with Crippen LogP contribution in [0.4, 0.5) is 0 Å². The Hall–Kier alpha value is -1.31. The van der Waals surface area contributed by atoms with Gasteiger partial charge in [-0.2, -0.15) is 0 Å². The third kappa shape index (κ3) is 3.00. The molecule has 26 heavy (non-hydrogen) atoms. The number of ketones is 1. The monoisotopic (exact) mass is 425 g/mol. The molecule has 142 valence electrons. The first-order chi connectivity index (χ1) is 12.5. The molecule has 0 aromatic heterocycles. The first-order valence-corrected chi connectivity index (χ1v) is 10.0. The van der Waals surface area contributed by atoms with Crippen molar-refractivity contribution in [3.05, 3.63) is 16.1 Å². The minimum Gasteiger partial charge on any atom is -0.504 e. The fraction of sp³-hybridized carbons (Fsp3) is 0.632. The Morgan fingerprint density at radius 2 is 1.92 bits per heavy atom. The lowest BCUT2D eigenvalue weighted by atomic mass is 9.81. The van der Waals surface area contributed by atoms with Gasteiger partial charge in [0.2, 0.25) is 5.75 Å². The highest BCUT2D eigenvalue weighted by Gasteiger charge is 2.51. The normalized spacial score (nSPS) is 25.2. The van der Waals surface area contributed by atoms with E-state index in [2.05, 4.69) is 20.8 Å². The van der Waals surface area contributed by atoms with Gasteiger partial charge in [-0.25, -0.2) is 0 Å². The Balaban J connectivity index is 1.78. The molecule has 1 saturated heterocycles. The number of phenols is 1. The molecular weight excluding hydrogens is 402 g/mol. The number of fused-ring (bicyclic) bond motifs is 1. The average molecular weight is 426 g/mol. The van der Waals surface area contributed by atoms with E-state index in [-0.39, 0.29) is 29.1 Å². The highest BCUT2D eigenvalue weighted by Crippen LogP contribution is 2.53. The second-order valence-electron chi connectivity index (χ2n) is 7.32. The van der Waals surface area contributed by atoms with E-state index < -0.39 is 5.60 Å². The quantitative estimate of drug-likeness (QED) is 0.731. The van der Waals surface area contributed by atoms with Crippen molar-refractivity contribution in [2.45, 2.75) is 50.9 Å². The fourth-order valence-corrected chi connectivity index (χ4v) is 4.77. The van der Waals surface area contributed by atoms with Gasteiger partial charge in [-0.1, -0.05) is 6.42 Å². The minimum absolute atomic E-state index is 0.124. The number of carbonyl (C=O) groups is 1. The molecule has 0 radical (unpaired) electrons. The molecule has 4 rings (SSSR count). The van der Waals surface area contributed by atoms with Gasteiger partial charge in [-0.3, -0.25) is 9.69 Å². The highest BCUT2D eigenvalue weighted by atomic mass is 79.9. The number of hydrogen-bond donors (Lipinski definition) is 1. The van der Waals surface area contributed by atoms with Crippen molar-refractivity contribution < 1.29 is 24.1 Å². The third-order valence-electron chi connectivity index (χ3n) is 5.61. The van der Waals surface area contributed by atoms with E-state index in [9.17, 15) is 9.90 Å². The van der Waals surface area contributed by atoms with Crippen LogP contribution in [0.3, 0.4) is 0 Å². The Morgan fingerprint density at radius 3 is 2.58 bits per heavy atom. The van der Waals surface area contributed by atoms with Gasteiger partial charge >= 0.3 is 0 Å². The predicted molar refractivity (Wildman–Crippen MR) is 99.1 cm³/mol. The fourth-order valence-electron chi connectivity index (χ4n) is 4.26. The van der Waals surface area contributed by atoms with Crippen molar-refractivity contribution in [1.82, 2.24) is 4.90 Å². The molecule has 2 heterocycles. The number of aromatic hydroxyl groups is 1. The van der Waals surface area contributed by atoms with E-state index in [1.807, 2.05) is 0 Å². The molecule has 1 N–H and O–H groups in total. The summed E-state index contributed by atoms with van der Waals surface area (Å²) < 4.78 is 19.0. The molecule has 1 spiro atoms. The van der Waals surface area contributed by atoms with Crippen molar-refractivity contribution in [2.24, 2.45) is 0 Å². The van der Waals surface area contributed by atoms with Gasteiger partial charge in [0, 0.05) is 13.1 Å². The zero-order chi connectivity index (χ0) is 18.3. The molecular formula is C19H24BrNO5. The summed E-state index contributed by atoms with van der Waals surface area (Å²) in [6.07, 6.45) is 4.82. The molecule has 1 atom stereocenters. The van der Waals surface area contributed by atoms with Crippen molar-refractivity contribution >= 4 is 21.7 Å². The molecule has 1 saturated carbocycles. The molecule has 1 aromatic carbocycles. The molecule has 1 aliphatic carbocycles. The summed E-state index contributed by atoms with van der Waals surface area (Å²) in [7, 11) is 0. The number of benzene rings is 1. The summed E-state index contributed by atoms with van der Waals surface area (Å²) in [5.41, 5.74) is -0.260. The number of carbonyl (C=O) groups excluding carboxylic acids is 1. The first kappa shape index (κ1) is 18.1. The Labute approximate surface area is 161 Å². The van der Waals surface area contributed by atoms with E-state index in [0.717, 1.165) is 38.8 Å². The van der Waals surface area contributed by atoms with Crippen molar-refractivity contribution in [2.75, 3.05) is 26.3 Å². The molecule has 7 heteroatoms. The lowest BCUT2D eigenvalue weighted by Gasteiger charge is -2.51.